The van der Waals surface area contributed by atoms with Crippen LogP contribution in [0, 0.1) is 5.92 Å². The first-order valence-electron chi connectivity index (χ1n) is 7.69. The highest BCUT2D eigenvalue weighted by atomic mass is 79.9. The molecule has 110 valence electrons. The Hall–Kier alpha value is -0.580. The van der Waals surface area contributed by atoms with Crippen molar-refractivity contribution < 1.29 is 5.11 Å². The molecule has 4 heteroatoms. The van der Waals surface area contributed by atoms with E-state index in [0.717, 1.165) is 36.2 Å². The third kappa shape index (κ3) is 2.87. The van der Waals surface area contributed by atoms with Crippen LogP contribution < -0.4 is 5.32 Å². The zero-order valence-corrected chi connectivity index (χ0v) is 13.4. The summed E-state index contributed by atoms with van der Waals surface area (Å²) in [5.74, 6) is 1.12. The molecular weight excluding hydrogens is 316 g/mol. The maximum absolute atomic E-state index is 10.5. The van der Waals surface area contributed by atoms with E-state index in [1.807, 2.05) is 12.1 Å². The van der Waals surface area contributed by atoms with Crippen LogP contribution in [0.3, 0.4) is 0 Å². The van der Waals surface area contributed by atoms with Crippen molar-refractivity contribution in [1.29, 1.82) is 0 Å². The number of piperazine rings is 1. The van der Waals surface area contributed by atoms with Crippen LogP contribution in [0.4, 0.5) is 0 Å². The predicted octanol–water partition coefficient (Wildman–Crippen LogP) is 3.29. The van der Waals surface area contributed by atoms with Crippen LogP contribution in [0.25, 0.3) is 0 Å². The van der Waals surface area contributed by atoms with Crippen molar-refractivity contribution in [3.05, 3.63) is 28.2 Å². The van der Waals surface area contributed by atoms with Crippen molar-refractivity contribution in [2.24, 2.45) is 5.92 Å². The van der Waals surface area contributed by atoms with Gasteiger partial charge in [-0.25, -0.2) is 0 Å². The summed E-state index contributed by atoms with van der Waals surface area (Å²) < 4.78 is 0.813. The molecule has 0 spiro atoms. The number of aromatic hydroxyl groups is 1. The molecule has 0 radical (unpaired) electrons. The summed E-state index contributed by atoms with van der Waals surface area (Å²) in [6.45, 7) is 4.26. The van der Waals surface area contributed by atoms with Gasteiger partial charge in [-0.1, -0.05) is 25.0 Å². The van der Waals surface area contributed by atoms with E-state index in [2.05, 4.69) is 32.2 Å². The van der Waals surface area contributed by atoms with Crippen molar-refractivity contribution >= 4 is 15.9 Å². The van der Waals surface area contributed by atoms with Crippen molar-refractivity contribution in [2.75, 3.05) is 26.2 Å². The van der Waals surface area contributed by atoms with E-state index in [1.165, 1.54) is 25.7 Å². The van der Waals surface area contributed by atoms with Crippen LogP contribution in [0.5, 0.6) is 5.75 Å². The number of para-hydroxylation sites is 1. The molecule has 1 heterocycles. The first-order valence-corrected chi connectivity index (χ1v) is 8.49. The van der Waals surface area contributed by atoms with E-state index in [1.54, 1.807) is 0 Å². The Morgan fingerprint density at radius 1 is 1.20 bits per heavy atom. The van der Waals surface area contributed by atoms with E-state index in [-0.39, 0.29) is 0 Å². The number of nitrogens with one attached hydrogen (secondary N) is 1. The lowest BCUT2D eigenvalue weighted by Crippen LogP contribution is -2.46. The normalized spacial score (nSPS) is 23.1. The van der Waals surface area contributed by atoms with Crippen LogP contribution in [0.2, 0.25) is 0 Å². The lowest BCUT2D eigenvalue weighted by atomic mass is 9.89. The second-order valence-corrected chi connectivity index (χ2v) is 6.81. The van der Waals surface area contributed by atoms with E-state index >= 15 is 0 Å². The van der Waals surface area contributed by atoms with Crippen molar-refractivity contribution in [3.63, 3.8) is 0 Å². The van der Waals surface area contributed by atoms with Gasteiger partial charge in [-0.3, -0.25) is 4.90 Å². The Kier molecular flexibility index (Phi) is 4.64. The minimum Gasteiger partial charge on any atom is -0.506 e. The number of nitrogens with zero attached hydrogens (tertiary/aromatic N) is 1. The van der Waals surface area contributed by atoms with E-state index in [9.17, 15) is 5.11 Å². The molecule has 0 bridgehead atoms. The fraction of sp³-hybridized carbons (Fsp3) is 0.625. The van der Waals surface area contributed by atoms with Gasteiger partial charge >= 0.3 is 0 Å². The molecule has 2 N–H and O–H groups in total. The van der Waals surface area contributed by atoms with Crippen molar-refractivity contribution in [2.45, 2.75) is 31.7 Å². The van der Waals surface area contributed by atoms with Crippen LogP contribution in [-0.4, -0.2) is 36.2 Å². The second-order valence-electron chi connectivity index (χ2n) is 5.95. The number of halogens is 1. The largest absolute Gasteiger partial charge is 0.506 e. The lowest BCUT2D eigenvalue weighted by molar-refractivity contribution is 0.123. The molecule has 2 aliphatic rings. The molecule has 3 rings (SSSR count). The third-order valence-corrected chi connectivity index (χ3v) is 5.37. The van der Waals surface area contributed by atoms with Gasteiger partial charge in [0.15, 0.2) is 0 Å². The summed E-state index contributed by atoms with van der Waals surface area (Å²) in [5, 5.41) is 13.9. The first-order chi connectivity index (χ1) is 9.77. The molecule has 1 atom stereocenters. The van der Waals surface area contributed by atoms with Gasteiger partial charge in [-0.15, -0.1) is 0 Å². The fourth-order valence-electron chi connectivity index (χ4n) is 3.75. The summed E-state index contributed by atoms with van der Waals surface area (Å²) in [6, 6.07) is 6.44. The van der Waals surface area contributed by atoms with Gasteiger partial charge in [-0.05, 0) is 40.8 Å². The van der Waals surface area contributed by atoms with E-state index in [0.29, 0.717) is 17.7 Å². The quantitative estimate of drug-likeness (QED) is 0.887. The van der Waals surface area contributed by atoms with Gasteiger partial charge < -0.3 is 10.4 Å². The SMILES string of the molecule is Oc1c(Br)cccc1[C@H](C1CCCC1)N1CCNCC1. The summed E-state index contributed by atoms with van der Waals surface area (Å²) in [4.78, 5) is 2.56. The molecular formula is C16H23BrN2O. The molecule has 20 heavy (non-hydrogen) atoms. The fourth-order valence-corrected chi connectivity index (χ4v) is 4.13. The molecule has 2 fully saturated rings. The van der Waals surface area contributed by atoms with Crippen molar-refractivity contribution in [1.82, 2.24) is 10.2 Å². The Labute approximate surface area is 129 Å². The summed E-state index contributed by atoms with van der Waals surface area (Å²) >= 11 is 3.47. The lowest BCUT2D eigenvalue weighted by Gasteiger charge is -2.39. The first kappa shape index (κ1) is 14.4. The molecule has 3 nitrogen and oxygen atoms in total. The number of phenols is 1. The monoisotopic (exact) mass is 338 g/mol. The maximum Gasteiger partial charge on any atom is 0.134 e. The van der Waals surface area contributed by atoms with Crippen LogP contribution in [-0.2, 0) is 0 Å². The Morgan fingerprint density at radius 3 is 2.60 bits per heavy atom. The summed E-state index contributed by atoms with van der Waals surface area (Å²) in [6.07, 6.45) is 5.26. The molecule has 1 aliphatic carbocycles. The van der Waals surface area contributed by atoms with Gasteiger partial charge in [0, 0.05) is 37.8 Å². The van der Waals surface area contributed by atoms with Gasteiger partial charge in [-0.2, -0.15) is 0 Å². The van der Waals surface area contributed by atoms with Gasteiger partial charge in [0.05, 0.1) is 4.47 Å². The smallest absolute Gasteiger partial charge is 0.134 e. The Balaban J connectivity index is 1.93. The molecule has 0 amide bonds. The Morgan fingerprint density at radius 2 is 1.90 bits per heavy atom. The molecule has 1 aliphatic heterocycles. The summed E-state index contributed by atoms with van der Waals surface area (Å²) in [5.41, 5.74) is 1.10. The number of benzene rings is 1. The average Bonchev–Trinajstić information content (AvgIpc) is 2.99. The number of rotatable bonds is 3. The number of phenolic OH excluding ortho intramolecular Hbond substituents is 1. The average molecular weight is 339 g/mol. The van der Waals surface area contributed by atoms with Crippen LogP contribution in [0.15, 0.2) is 22.7 Å². The standard InChI is InChI=1S/C16H23BrN2O/c17-14-7-3-6-13(16(14)20)15(12-4-1-2-5-12)19-10-8-18-9-11-19/h3,6-7,12,15,18,20H,1-2,4-5,8-11H2/t15-/m0/s1. The maximum atomic E-state index is 10.5. The van der Waals surface area contributed by atoms with Crippen LogP contribution >= 0.6 is 15.9 Å². The molecule has 1 aromatic rings. The highest BCUT2D eigenvalue weighted by Crippen LogP contribution is 2.44. The summed E-state index contributed by atoms with van der Waals surface area (Å²) in [7, 11) is 0. The predicted molar refractivity (Wildman–Crippen MR) is 84.9 cm³/mol. The highest BCUT2D eigenvalue weighted by molar-refractivity contribution is 9.10. The topological polar surface area (TPSA) is 35.5 Å². The van der Waals surface area contributed by atoms with Gasteiger partial charge in [0.25, 0.3) is 0 Å². The van der Waals surface area contributed by atoms with E-state index in [4.69, 9.17) is 0 Å². The zero-order valence-electron chi connectivity index (χ0n) is 11.8. The number of hydrogen-bond acceptors (Lipinski definition) is 3. The van der Waals surface area contributed by atoms with E-state index < -0.39 is 0 Å². The van der Waals surface area contributed by atoms with Crippen LogP contribution in [0.1, 0.15) is 37.3 Å². The Bertz CT molecular complexity index is 454. The number of hydrogen-bond donors (Lipinski definition) is 2. The molecule has 1 saturated carbocycles. The van der Waals surface area contributed by atoms with Gasteiger partial charge in [0.2, 0.25) is 0 Å². The molecule has 0 aromatic heterocycles. The van der Waals surface area contributed by atoms with Gasteiger partial charge in [0.1, 0.15) is 5.75 Å². The zero-order chi connectivity index (χ0) is 13.9. The highest BCUT2D eigenvalue weighted by Gasteiger charge is 2.33. The molecule has 1 aromatic carbocycles. The second kappa shape index (κ2) is 6.46. The minimum absolute atomic E-state index is 0.372. The minimum atomic E-state index is 0.372. The molecule has 1 saturated heterocycles. The molecule has 0 unspecified atom stereocenters. The van der Waals surface area contributed by atoms with Crippen molar-refractivity contribution in [3.8, 4) is 5.75 Å². The third-order valence-electron chi connectivity index (χ3n) is 4.73.